The summed E-state index contributed by atoms with van der Waals surface area (Å²) in [4.78, 5) is 12.0. The average Bonchev–Trinajstić information content (AvgIpc) is 3.01. The first-order chi connectivity index (χ1) is 20.3. The van der Waals surface area contributed by atoms with E-state index < -0.39 is 5.97 Å². The fourth-order valence-electron chi connectivity index (χ4n) is 3.65. The summed E-state index contributed by atoms with van der Waals surface area (Å²) in [5.41, 5.74) is 0.0428. The van der Waals surface area contributed by atoms with Gasteiger partial charge in [0.15, 0.2) is 11.5 Å². The summed E-state index contributed by atoms with van der Waals surface area (Å²) < 4.78 is 17.9. The van der Waals surface area contributed by atoms with Crippen LogP contribution in [0.2, 0.25) is 0 Å². The van der Waals surface area contributed by atoms with Crippen LogP contribution in [0, 0.1) is 68.0 Å². The number of carbonyl (C=O) groups is 1. The van der Waals surface area contributed by atoms with Crippen molar-refractivity contribution in [2.24, 2.45) is 0 Å². The minimum atomic E-state index is -1.35. The van der Waals surface area contributed by atoms with Crippen molar-refractivity contribution >= 4 is 5.97 Å². The van der Waals surface area contributed by atoms with Gasteiger partial charge in [-0.25, -0.2) is 4.79 Å². The van der Waals surface area contributed by atoms with Crippen LogP contribution in [-0.4, -0.2) is 11.1 Å². The van der Waals surface area contributed by atoms with Crippen LogP contribution >= 0.6 is 0 Å². The lowest BCUT2D eigenvalue weighted by Crippen LogP contribution is -2.02. The van der Waals surface area contributed by atoms with Gasteiger partial charge in [-0.05, 0) is 66.7 Å². The maximum Gasteiger partial charge on any atom is 0.335 e. The van der Waals surface area contributed by atoms with Gasteiger partial charge in [0.2, 0.25) is 5.75 Å². The Labute approximate surface area is 238 Å². The van der Waals surface area contributed by atoms with E-state index in [2.05, 4.69) is 0 Å². The SMILES string of the molecule is N#Cc1ccc(Oc2cc(C(=O)O)cc(Oc3ccc(C#N)c(C#N)c3)c2Oc2ccc(C#N)c(C#N)c2)cc1C#N. The second-order valence-corrected chi connectivity index (χ2v) is 8.21. The van der Waals surface area contributed by atoms with E-state index in [4.69, 9.17) is 14.2 Å². The maximum atomic E-state index is 12.0. The lowest BCUT2D eigenvalue weighted by molar-refractivity contribution is 0.0696. The number of nitrogens with zero attached hydrogens (tertiary/aromatic N) is 6. The smallest absolute Gasteiger partial charge is 0.335 e. The van der Waals surface area contributed by atoms with Gasteiger partial charge in [-0.2, -0.15) is 31.6 Å². The van der Waals surface area contributed by atoms with Crippen LogP contribution in [0.15, 0.2) is 66.7 Å². The van der Waals surface area contributed by atoms with Crippen molar-refractivity contribution < 1.29 is 24.1 Å². The number of ether oxygens (including phenoxy) is 3. The molecule has 0 saturated heterocycles. The largest absolute Gasteiger partial charge is 0.478 e. The van der Waals surface area contributed by atoms with Crippen LogP contribution in [0.1, 0.15) is 43.7 Å². The number of carboxylic acids is 1. The number of nitriles is 6. The molecule has 0 fully saturated rings. The second-order valence-electron chi connectivity index (χ2n) is 8.21. The van der Waals surface area contributed by atoms with Crippen LogP contribution in [0.4, 0.5) is 0 Å². The topological polar surface area (TPSA) is 208 Å². The van der Waals surface area contributed by atoms with Crippen molar-refractivity contribution in [2.45, 2.75) is 0 Å². The van der Waals surface area contributed by atoms with Gasteiger partial charge in [-0.15, -0.1) is 0 Å². The highest BCUT2D eigenvalue weighted by Gasteiger charge is 2.22. The van der Waals surface area contributed by atoms with Gasteiger partial charge in [-0.3, -0.25) is 0 Å². The van der Waals surface area contributed by atoms with Crippen molar-refractivity contribution in [1.82, 2.24) is 0 Å². The first kappa shape index (κ1) is 27.7. The molecule has 0 unspecified atom stereocenters. The molecule has 0 amide bonds. The fraction of sp³-hybridized carbons (Fsp3) is 0. The van der Waals surface area contributed by atoms with Gasteiger partial charge in [0, 0.05) is 0 Å². The molecule has 0 bridgehead atoms. The van der Waals surface area contributed by atoms with Crippen molar-refractivity contribution in [2.75, 3.05) is 0 Å². The van der Waals surface area contributed by atoms with Crippen molar-refractivity contribution in [3.05, 3.63) is 106 Å². The predicted octanol–water partition coefficient (Wildman–Crippen LogP) is 5.99. The van der Waals surface area contributed by atoms with Gasteiger partial charge in [-0.1, -0.05) is 0 Å². The Morgan fingerprint density at radius 3 is 1.14 bits per heavy atom. The van der Waals surface area contributed by atoms with Gasteiger partial charge in [0.25, 0.3) is 0 Å². The molecule has 0 spiro atoms. The van der Waals surface area contributed by atoms with Crippen LogP contribution < -0.4 is 14.2 Å². The summed E-state index contributed by atoms with van der Waals surface area (Å²) in [6, 6.07) is 25.7. The molecule has 11 heteroatoms. The molecule has 0 atom stereocenters. The highest BCUT2D eigenvalue weighted by Crippen LogP contribution is 2.45. The molecule has 4 aromatic rings. The Bertz CT molecular complexity index is 1930. The third-order valence-electron chi connectivity index (χ3n) is 5.64. The predicted molar refractivity (Wildman–Crippen MR) is 141 cm³/mol. The Balaban J connectivity index is 1.92. The van der Waals surface area contributed by atoms with Crippen molar-refractivity contribution in [3.8, 4) is 70.9 Å². The van der Waals surface area contributed by atoms with E-state index in [1.807, 2.05) is 36.4 Å². The van der Waals surface area contributed by atoms with Crippen molar-refractivity contribution in [1.29, 1.82) is 31.6 Å². The molecule has 1 N–H and O–H groups in total. The minimum absolute atomic E-state index is 0.00991. The standard InChI is InChI=1S/C31H12N6O5/c32-12-18-1-4-25(7-22(18)15-35)40-28-10-21(31(38)39)11-29(41-26-5-2-19(13-33)23(8-26)16-36)30(28)42-27-6-3-20(14-34)24(9-27)17-37/h1-11H,(H,38,39). The zero-order chi connectivity index (χ0) is 30.2. The molecule has 0 aromatic heterocycles. The van der Waals surface area contributed by atoms with Crippen LogP contribution in [-0.2, 0) is 0 Å². The molecular weight excluding hydrogens is 536 g/mol. The summed E-state index contributed by atoms with van der Waals surface area (Å²) in [6.45, 7) is 0. The molecule has 11 nitrogen and oxygen atoms in total. The van der Waals surface area contributed by atoms with Gasteiger partial charge >= 0.3 is 5.97 Å². The highest BCUT2D eigenvalue weighted by molar-refractivity contribution is 5.89. The Hall–Kier alpha value is -7.31. The summed E-state index contributed by atoms with van der Waals surface area (Å²) in [6.07, 6.45) is 0. The fourth-order valence-corrected chi connectivity index (χ4v) is 3.65. The first-order valence-electron chi connectivity index (χ1n) is 11.6. The number of rotatable bonds is 7. The molecule has 0 aliphatic carbocycles. The first-order valence-corrected chi connectivity index (χ1v) is 11.6. The Morgan fingerprint density at radius 1 is 0.500 bits per heavy atom. The molecule has 0 aliphatic rings. The number of aromatic carboxylic acids is 1. The third-order valence-corrected chi connectivity index (χ3v) is 5.64. The third kappa shape index (κ3) is 5.73. The molecule has 196 valence electrons. The minimum Gasteiger partial charge on any atom is -0.478 e. The molecule has 0 heterocycles. The van der Waals surface area contributed by atoms with Gasteiger partial charge in [0.05, 0.1) is 38.9 Å². The van der Waals surface area contributed by atoms with E-state index >= 15 is 0 Å². The molecule has 0 saturated carbocycles. The lowest BCUT2D eigenvalue weighted by atomic mass is 10.1. The Kier molecular flexibility index (Phi) is 7.94. The Morgan fingerprint density at radius 2 is 0.833 bits per heavy atom. The number of benzene rings is 4. The summed E-state index contributed by atoms with van der Waals surface area (Å²) >= 11 is 0. The quantitative estimate of drug-likeness (QED) is 0.283. The number of carboxylic acid groups (broad SMARTS) is 1. The van der Waals surface area contributed by atoms with E-state index in [1.165, 1.54) is 54.6 Å². The zero-order valence-corrected chi connectivity index (χ0v) is 21.1. The number of hydrogen-bond acceptors (Lipinski definition) is 10. The lowest BCUT2D eigenvalue weighted by Gasteiger charge is -2.18. The van der Waals surface area contributed by atoms with E-state index in [1.54, 1.807) is 0 Å². The van der Waals surface area contributed by atoms with E-state index in [0.717, 1.165) is 12.1 Å². The molecule has 42 heavy (non-hydrogen) atoms. The summed E-state index contributed by atoms with van der Waals surface area (Å²) in [5, 5.41) is 65.8. The van der Waals surface area contributed by atoms with Gasteiger partial charge < -0.3 is 19.3 Å². The number of hydrogen-bond donors (Lipinski definition) is 1. The van der Waals surface area contributed by atoms with Crippen LogP contribution in [0.3, 0.4) is 0 Å². The van der Waals surface area contributed by atoms with E-state index in [9.17, 15) is 41.5 Å². The zero-order valence-electron chi connectivity index (χ0n) is 21.1. The van der Waals surface area contributed by atoms with Gasteiger partial charge in [0.1, 0.15) is 53.7 Å². The van der Waals surface area contributed by atoms with Crippen LogP contribution in [0.25, 0.3) is 0 Å². The summed E-state index contributed by atoms with van der Waals surface area (Å²) in [5.74, 6) is -1.70. The van der Waals surface area contributed by atoms with Crippen molar-refractivity contribution in [3.63, 3.8) is 0 Å². The monoisotopic (exact) mass is 548 g/mol. The molecular formula is C31H12N6O5. The normalized spacial score (nSPS) is 9.48. The molecule has 0 radical (unpaired) electrons. The molecule has 4 rings (SSSR count). The molecule has 0 aliphatic heterocycles. The second kappa shape index (κ2) is 12.0. The summed E-state index contributed by atoms with van der Waals surface area (Å²) in [7, 11) is 0. The average molecular weight is 548 g/mol. The highest BCUT2D eigenvalue weighted by atomic mass is 16.5. The van der Waals surface area contributed by atoms with Crippen LogP contribution in [0.5, 0.6) is 34.5 Å². The van der Waals surface area contributed by atoms with E-state index in [-0.39, 0.29) is 73.4 Å². The van der Waals surface area contributed by atoms with E-state index in [0.29, 0.717) is 0 Å². The molecule has 4 aromatic carbocycles. The maximum absolute atomic E-state index is 12.0.